The van der Waals surface area contributed by atoms with Crippen LogP contribution >= 0.6 is 0 Å². The largest absolute Gasteiger partial charge is 0.496 e. The van der Waals surface area contributed by atoms with E-state index in [0.29, 0.717) is 23.8 Å². The Morgan fingerprint density at radius 3 is 2.53 bits per heavy atom. The van der Waals surface area contributed by atoms with Gasteiger partial charge >= 0.3 is 0 Å². The van der Waals surface area contributed by atoms with Gasteiger partial charge in [0.05, 0.1) is 12.7 Å². The molecule has 1 rings (SSSR count). The summed E-state index contributed by atoms with van der Waals surface area (Å²) in [7, 11) is 3.49. The molecular formula is C16H25NO2. The van der Waals surface area contributed by atoms with Gasteiger partial charge in [0.15, 0.2) is 5.78 Å². The van der Waals surface area contributed by atoms with E-state index in [1.165, 1.54) is 5.56 Å². The van der Waals surface area contributed by atoms with Crippen LogP contribution in [0, 0.1) is 5.92 Å². The van der Waals surface area contributed by atoms with Crippen LogP contribution in [0.15, 0.2) is 18.2 Å². The molecule has 0 aliphatic rings. The molecule has 3 nitrogen and oxygen atoms in total. The first-order valence-corrected chi connectivity index (χ1v) is 6.91. The van der Waals surface area contributed by atoms with Crippen molar-refractivity contribution < 1.29 is 9.53 Å². The van der Waals surface area contributed by atoms with Crippen molar-refractivity contribution in [1.29, 1.82) is 0 Å². The molecule has 0 aliphatic heterocycles. The highest BCUT2D eigenvalue weighted by atomic mass is 16.5. The molecule has 0 aliphatic carbocycles. The third-order valence-corrected chi connectivity index (χ3v) is 3.47. The minimum Gasteiger partial charge on any atom is -0.496 e. The highest BCUT2D eigenvalue weighted by molar-refractivity contribution is 6.00. The number of carbonyl (C=O) groups is 1. The van der Waals surface area contributed by atoms with Gasteiger partial charge in [-0.15, -0.1) is 0 Å². The topological polar surface area (TPSA) is 38.3 Å². The van der Waals surface area contributed by atoms with Crippen molar-refractivity contribution >= 4 is 5.78 Å². The van der Waals surface area contributed by atoms with Gasteiger partial charge in [-0.3, -0.25) is 4.79 Å². The minimum absolute atomic E-state index is 0.00352. The number of hydrogen-bond donors (Lipinski definition) is 1. The van der Waals surface area contributed by atoms with Gasteiger partial charge in [-0.25, -0.2) is 0 Å². The molecule has 19 heavy (non-hydrogen) atoms. The summed E-state index contributed by atoms with van der Waals surface area (Å²) in [5.41, 5.74) is 1.88. The van der Waals surface area contributed by atoms with Crippen molar-refractivity contribution in [3.63, 3.8) is 0 Å². The normalized spacial score (nSPS) is 12.5. The summed E-state index contributed by atoms with van der Waals surface area (Å²) in [6, 6.07) is 5.89. The Balaban J connectivity index is 3.08. The molecule has 1 atom stereocenters. The van der Waals surface area contributed by atoms with Gasteiger partial charge in [-0.05, 0) is 37.1 Å². The van der Waals surface area contributed by atoms with Gasteiger partial charge in [0.25, 0.3) is 0 Å². The van der Waals surface area contributed by atoms with Crippen LogP contribution in [0.2, 0.25) is 0 Å². The van der Waals surface area contributed by atoms with E-state index in [1.807, 2.05) is 32.2 Å². The fourth-order valence-electron chi connectivity index (χ4n) is 2.16. The number of benzene rings is 1. The lowest BCUT2D eigenvalue weighted by atomic mass is 9.92. The molecule has 0 heterocycles. The van der Waals surface area contributed by atoms with Crippen LogP contribution in [-0.2, 0) is 0 Å². The van der Waals surface area contributed by atoms with Crippen molar-refractivity contribution in [3.8, 4) is 5.75 Å². The van der Waals surface area contributed by atoms with Gasteiger partial charge in [-0.2, -0.15) is 0 Å². The Bertz CT molecular complexity index is 427. The number of ether oxygens (including phenoxy) is 1. The minimum atomic E-state index is 0.00352. The third kappa shape index (κ3) is 3.80. The molecule has 3 heteroatoms. The molecule has 0 fully saturated rings. The van der Waals surface area contributed by atoms with Crippen LogP contribution in [0.1, 0.15) is 49.0 Å². The Labute approximate surface area is 116 Å². The lowest BCUT2D eigenvalue weighted by Crippen LogP contribution is -2.26. The number of carbonyl (C=O) groups excluding carboxylic acids is 1. The Hall–Kier alpha value is -1.35. The molecule has 106 valence electrons. The molecule has 1 aromatic carbocycles. The predicted molar refractivity (Wildman–Crippen MR) is 79.1 cm³/mol. The van der Waals surface area contributed by atoms with E-state index >= 15 is 0 Å². The SMILES string of the molecule is CCC(CNC)C(=O)c1ccc(C(C)C)cc1OC. The smallest absolute Gasteiger partial charge is 0.170 e. The standard InChI is InChI=1S/C16H25NO2/c1-6-12(10-17-4)16(18)14-8-7-13(11(2)3)9-15(14)19-5/h7-9,11-12,17H,6,10H2,1-5H3. The summed E-state index contributed by atoms with van der Waals surface area (Å²) in [5.74, 6) is 1.27. The van der Waals surface area contributed by atoms with Crippen molar-refractivity contribution in [2.45, 2.75) is 33.1 Å². The van der Waals surface area contributed by atoms with E-state index in [0.717, 1.165) is 6.42 Å². The van der Waals surface area contributed by atoms with Crippen LogP contribution < -0.4 is 10.1 Å². The van der Waals surface area contributed by atoms with Crippen molar-refractivity contribution in [1.82, 2.24) is 5.32 Å². The number of ketones is 1. The second kappa shape index (κ2) is 7.29. The maximum atomic E-state index is 12.5. The van der Waals surface area contributed by atoms with Crippen LogP contribution in [0.3, 0.4) is 0 Å². The first-order chi connectivity index (χ1) is 9.04. The zero-order valence-electron chi connectivity index (χ0n) is 12.6. The van der Waals surface area contributed by atoms with Crippen molar-refractivity contribution in [3.05, 3.63) is 29.3 Å². The first kappa shape index (κ1) is 15.7. The van der Waals surface area contributed by atoms with Gasteiger partial charge < -0.3 is 10.1 Å². The summed E-state index contributed by atoms with van der Waals surface area (Å²) < 4.78 is 5.39. The molecule has 1 N–H and O–H groups in total. The fraction of sp³-hybridized carbons (Fsp3) is 0.562. The summed E-state index contributed by atoms with van der Waals surface area (Å²) >= 11 is 0. The Morgan fingerprint density at radius 2 is 2.05 bits per heavy atom. The fourth-order valence-corrected chi connectivity index (χ4v) is 2.16. The van der Waals surface area contributed by atoms with Gasteiger partial charge in [0.1, 0.15) is 5.75 Å². The lowest BCUT2D eigenvalue weighted by molar-refractivity contribution is 0.0913. The molecule has 0 radical (unpaired) electrons. The summed E-state index contributed by atoms with van der Waals surface area (Å²) in [5, 5.41) is 3.07. The van der Waals surface area contributed by atoms with Crippen LogP contribution in [0.5, 0.6) is 5.75 Å². The third-order valence-electron chi connectivity index (χ3n) is 3.47. The van der Waals surface area contributed by atoms with E-state index in [-0.39, 0.29) is 11.7 Å². The molecule has 1 aromatic rings. The molecule has 0 spiro atoms. The second-order valence-electron chi connectivity index (χ2n) is 5.14. The monoisotopic (exact) mass is 263 g/mol. The molecule has 0 bridgehead atoms. The van der Waals surface area contributed by atoms with Crippen LogP contribution in [0.25, 0.3) is 0 Å². The highest BCUT2D eigenvalue weighted by Crippen LogP contribution is 2.27. The molecule has 0 aromatic heterocycles. The molecule has 0 saturated carbocycles. The van der Waals surface area contributed by atoms with Gasteiger partial charge in [0.2, 0.25) is 0 Å². The molecule has 0 saturated heterocycles. The summed E-state index contributed by atoms with van der Waals surface area (Å²) in [6.07, 6.45) is 0.828. The molecule has 1 unspecified atom stereocenters. The number of methoxy groups -OCH3 is 1. The average Bonchev–Trinajstić information content (AvgIpc) is 2.43. The molecular weight excluding hydrogens is 238 g/mol. The maximum Gasteiger partial charge on any atom is 0.170 e. The van der Waals surface area contributed by atoms with Crippen LogP contribution in [-0.4, -0.2) is 26.5 Å². The Kier molecular flexibility index (Phi) is 6.03. The van der Waals surface area contributed by atoms with Crippen molar-refractivity contribution in [2.24, 2.45) is 5.92 Å². The zero-order valence-corrected chi connectivity index (χ0v) is 12.6. The zero-order chi connectivity index (χ0) is 14.4. The summed E-state index contributed by atoms with van der Waals surface area (Å²) in [6.45, 7) is 7.00. The summed E-state index contributed by atoms with van der Waals surface area (Å²) in [4.78, 5) is 12.5. The van der Waals surface area contributed by atoms with E-state index in [2.05, 4.69) is 19.2 Å². The number of rotatable bonds is 7. The lowest BCUT2D eigenvalue weighted by Gasteiger charge is -2.17. The van der Waals surface area contributed by atoms with Crippen LogP contribution in [0.4, 0.5) is 0 Å². The van der Waals surface area contributed by atoms with E-state index < -0.39 is 0 Å². The van der Waals surface area contributed by atoms with Crippen molar-refractivity contribution in [2.75, 3.05) is 20.7 Å². The number of nitrogens with one attached hydrogen (secondary N) is 1. The van der Waals surface area contributed by atoms with E-state index in [1.54, 1.807) is 7.11 Å². The number of hydrogen-bond acceptors (Lipinski definition) is 3. The second-order valence-corrected chi connectivity index (χ2v) is 5.14. The first-order valence-electron chi connectivity index (χ1n) is 6.91. The van der Waals surface area contributed by atoms with E-state index in [4.69, 9.17) is 4.74 Å². The van der Waals surface area contributed by atoms with Gasteiger partial charge in [0, 0.05) is 12.5 Å². The quantitative estimate of drug-likeness (QED) is 0.767. The predicted octanol–water partition coefficient (Wildman–Crippen LogP) is 3.25. The van der Waals surface area contributed by atoms with Gasteiger partial charge in [-0.1, -0.05) is 26.8 Å². The number of Topliss-reactive ketones (excluding diaryl/α,β-unsaturated/α-hetero) is 1. The highest BCUT2D eigenvalue weighted by Gasteiger charge is 2.21. The van der Waals surface area contributed by atoms with E-state index in [9.17, 15) is 4.79 Å². The average molecular weight is 263 g/mol. The Morgan fingerprint density at radius 1 is 1.37 bits per heavy atom. The molecule has 0 amide bonds. The maximum absolute atomic E-state index is 12.5.